The van der Waals surface area contributed by atoms with Gasteiger partial charge in [0.2, 0.25) is 0 Å². The molecule has 0 fully saturated rings. The van der Waals surface area contributed by atoms with Crippen LogP contribution in [0.5, 0.6) is 0 Å². The summed E-state index contributed by atoms with van der Waals surface area (Å²) in [6.45, 7) is 11.7. The Morgan fingerprint density at radius 1 is 1.37 bits per heavy atom. The summed E-state index contributed by atoms with van der Waals surface area (Å²) in [5.41, 5.74) is 8.92. The molecule has 0 aliphatic heterocycles. The van der Waals surface area contributed by atoms with Gasteiger partial charge in [0.15, 0.2) is 0 Å². The fourth-order valence-electron chi connectivity index (χ4n) is 2.17. The molecular weight excluding hydrogens is 254 g/mol. The number of anilines is 1. The van der Waals surface area contributed by atoms with Gasteiger partial charge < -0.3 is 16.0 Å². The summed E-state index contributed by atoms with van der Waals surface area (Å²) in [6, 6.07) is 6.53. The first-order chi connectivity index (χ1) is 8.97. The molecule has 106 valence electrons. The molecule has 3 N–H and O–H groups in total. The molecule has 4 heteroatoms. The standard InChI is InChI=1S/C15H25N3S/c1-5-18(6-2)10-12(4)17-14-8-7-11(3)9-13(14)15(16)19/h7-9,12,17H,5-6,10H2,1-4H3,(H2,16,19). The molecular formula is C15H25N3S. The fraction of sp³-hybridized carbons (Fsp3) is 0.533. The summed E-state index contributed by atoms with van der Waals surface area (Å²) in [7, 11) is 0. The summed E-state index contributed by atoms with van der Waals surface area (Å²) in [5, 5.41) is 3.51. The lowest BCUT2D eigenvalue weighted by atomic mass is 10.1. The molecule has 1 aromatic rings. The summed E-state index contributed by atoms with van der Waals surface area (Å²) in [4.78, 5) is 2.84. The number of benzene rings is 1. The van der Waals surface area contributed by atoms with E-state index in [4.69, 9.17) is 18.0 Å². The zero-order chi connectivity index (χ0) is 14.4. The number of nitrogens with one attached hydrogen (secondary N) is 1. The maximum Gasteiger partial charge on any atom is 0.106 e. The smallest absolute Gasteiger partial charge is 0.106 e. The van der Waals surface area contributed by atoms with E-state index in [0.29, 0.717) is 11.0 Å². The molecule has 0 spiro atoms. The lowest BCUT2D eigenvalue weighted by molar-refractivity contribution is 0.295. The van der Waals surface area contributed by atoms with E-state index in [2.05, 4.69) is 43.1 Å². The molecule has 1 unspecified atom stereocenters. The highest BCUT2D eigenvalue weighted by Crippen LogP contribution is 2.18. The molecule has 1 atom stereocenters. The Labute approximate surface area is 122 Å². The molecule has 0 saturated carbocycles. The van der Waals surface area contributed by atoms with Crippen LogP contribution >= 0.6 is 12.2 Å². The number of nitrogens with two attached hydrogens (primary N) is 1. The molecule has 0 aromatic heterocycles. The van der Waals surface area contributed by atoms with Gasteiger partial charge in [0.05, 0.1) is 0 Å². The topological polar surface area (TPSA) is 41.3 Å². The van der Waals surface area contributed by atoms with Gasteiger partial charge in [-0.3, -0.25) is 0 Å². The first-order valence-corrected chi connectivity index (χ1v) is 7.28. The van der Waals surface area contributed by atoms with Gasteiger partial charge in [0.1, 0.15) is 4.99 Å². The Kier molecular flexibility index (Phi) is 6.25. The van der Waals surface area contributed by atoms with Crippen molar-refractivity contribution in [1.29, 1.82) is 0 Å². The molecule has 0 heterocycles. The minimum Gasteiger partial charge on any atom is -0.389 e. The van der Waals surface area contributed by atoms with Gasteiger partial charge in [0.25, 0.3) is 0 Å². The first kappa shape index (κ1) is 15.9. The van der Waals surface area contributed by atoms with Gasteiger partial charge in [-0.15, -0.1) is 0 Å². The van der Waals surface area contributed by atoms with Crippen molar-refractivity contribution in [3.8, 4) is 0 Å². The van der Waals surface area contributed by atoms with E-state index in [1.165, 1.54) is 5.56 Å². The minimum absolute atomic E-state index is 0.357. The fourth-order valence-corrected chi connectivity index (χ4v) is 2.34. The van der Waals surface area contributed by atoms with Crippen LogP contribution in [0.25, 0.3) is 0 Å². The Morgan fingerprint density at radius 3 is 2.53 bits per heavy atom. The first-order valence-electron chi connectivity index (χ1n) is 6.87. The van der Waals surface area contributed by atoms with E-state index in [9.17, 15) is 0 Å². The minimum atomic E-state index is 0.357. The van der Waals surface area contributed by atoms with Crippen LogP contribution in [0.3, 0.4) is 0 Å². The molecule has 0 aliphatic rings. The predicted octanol–water partition coefficient (Wildman–Crippen LogP) is 2.77. The highest BCUT2D eigenvalue weighted by molar-refractivity contribution is 7.80. The van der Waals surface area contributed by atoms with Crippen molar-refractivity contribution in [2.75, 3.05) is 25.0 Å². The second-order valence-corrected chi connectivity index (χ2v) is 5.38. The highest BCUT2D eigenvalue weighted by Gasteiger charge is 2.10. The lowest BCUT2D eigenvalue weighted by Crippen LogP contribution is -2.35. The molecule has 1 aromatic carbocycles. The molecule has 0 radical (unpaired) electrons. The number of nitrogens with zero attached hydrogens (tertiary/aromatic N) is 1. The Hall–Kier alpha value is -1.13. The van der Waals surface area contributed by atoms with Gasteiger partial charge >= 0.3 is 0 Å². The number of hydrogen-bond donors (Lipinski definition) is 2. The second-order valence-electron chi connectivity index (χ2n) is 4.94. The van der Waals surface area contributed by atoms with Crippen LogP contribution in [-0.4, -0.2) is 35.6 Å². The SMILES string of the molecule is CCN(CC)CC(C)Nc1ccc(C)cc1C(N)=S. The summed E-state index contributed by atoms with van der Waals surface area (Å²) >= 11 is 5.12. The van der Waals surface area contributed by atoms with Gasteiger partial charge in [-0.25, -0.2) is 0 Å². The highest BCUT2D eigenvalue weighted by atomic mass is 32.1. The van der Waals surface area contributed by atoms with E-state index in [1.54, 1.807) is 0 Å². The number of aryl methyl sites for hydroxylation is 1. The van der Waals surface area contributed by atoms with E-state index >= 15 is 0 Å². The van der Waals surface area contributed by atoms with Crippen LogP contribution in [-0.2, 0) is 0 Å². The maximum absolute atomic E-state index is 5.79. The van der Waals surface area contributed by atoms with Crippen LogP contribution in [0.4, 0.5) is 5.69 Å². The van der Waals surface area contributed by atoms with Crippen LogP contribution in [0.1, 0.15) is 31.9 Å². The van der Waals surface area contributed by atoms with E-state index in [0.717, 1.165) is 30.9 Å². The van der Waals surface area contributed by atoms with Crippen molar-refractivity contribution in [2.45, 2.75) is 33.7 Å². The predicted molar refractivity (Wildman–Crippen MR) is 87.9 cm³/mol. The van der Waals surface area contributed by atoms with E-state index in [-0.39, 0.29) is 0 Å². The van der Waals surface area contributed by atoms with Crippen molar-refractivity contribution in [1.82, 2.24) is 4.90 Å². The lowest BCUT2D eigenvalue weighted by Gasteiger charge is -2.25. The largest absolute Gasteiger partial charge is 0.389 e. The summed E-state index contributed by atoms with van der Waals surface area (Å²) in [6.07, 6.45) is 0. The summed E-state index contributed by atoms with van der Waals surface area (Å²) < 4.78 is 0. The van der Waals surface area contributed by atoms with Gasteiger partial charge in [-0.2, -0.15) is 0 Å². The molecule has 0 bridgehead atoms. The maximum atomic E-state index is 5.79. The normalized spacial score (nSPS) is 12.5. The van der Waals surface area contributed by atoms with Crippen LogP contribution in [0, 0.1) is 6.92 Å². The molecule has 0 amide bonds. The average Bonchev–Trinajstić information content (AvgIpc) is 2.37. The zero-order valence-electron chi connectivity index (χ0n) is 12.4. The van der Waals surface area contributed by atoms with Crippen LogP contribution in [0.2, 0.25) is 0 Å². The molecule has 19 heavy (non-hydrogen) atoms. The van der Waals surface area contributed by atoms with Crippen molar-refractivity contribution in [2.24, 2.45) is 5.73 Å². The van der Waals surface area contributed by atoms with Crippen molar-refractivity contribution < 1.29 is 0 Å². The second kappa shape index (κ2) is 7.46. The summed E-state index contributed by atoms with van der Waals surface area (Å²) in [5.74, 6) is 0. The monoisotopic (exact) mass is 279 g/mol. The van der Waals surface area contributed by atoms with Gasteiger partial charge in [-0.05, 0) is 39.1 Å². The van der Waals surface area contributed by atoms with Crippen molar-refractivity contribution in [3.63, 3.8) is 0 Å². The molecule has 3 nitrogen and oxygen atoms in total. The van der Waals surface area contributed by atoms with Crippen LogP contribution in [0.15, 0.2) is 18.2 Å². The number of hydrogen-bond acceptors (Lipinski definition) is 3. The van der Waals surface area contributed by atoms with Gasteiger partial charge in [-0.1, -0.05) is 37.7 Å². The number of rotatable bonds is 7. The molecule has 0 saturated heterocycles. The number of likely N-dealkylation sites (N-methyl/N-ethyl adjacent to an activating group) is 1. The quantitative estimate of drug-likeness (QED) is 0.753. The van der Waals surface area contributed by atoms with Crippen molar-refractivity contribution >= 4 is 22.9 Å². The average molecular weight is 279 g/mol. The number of thiocarbonyl (C=S) groups is 1. The Morgan fingerprint density at radius 2 is 2.00 bits per heavy atom. The van der Waals surface area contributed by atoms with Gasteiger partial charge in [0, 0.05) is 23.8 Å². The van der Waals surface area contributed by atoms with Crippen molar-refractivity contribution in [3.05, 3.63) is 29.3 Å². The Bertz CT molecular complexity index is 427. The Balaban J connectivity index is 2.78. The third kappa shape index (κ3) is 4.80. The molecule has 0 aliphatic carbocycles. The van der Waals surface area contributed by atoms with Crippen LogP contribution < -0.4 is 11.1 Å². The molecule has 1 rings (SSSR count). The van der Waals surface area contributed by atoms with E-state index < -0.39 is 0 Å². The third-order valence-electron chi connectivity index (χ3n) is 3.27. The van der Waals surface area contributed by atoms with E-state index in [1.807, 2.05) is 13.0 Å². The zero-order valence-corrected chi connectivity index (χ0v) is 13.2. The third-order valence-corrected chi connectivity index (χ3v) is 3.49.